The number of carboxylic acids is 1. The van der Waals surface area contributed by atoms with Crippen LogP contribution in [-0.4, -0.2) is 38.8 Å². The van der Waals surface area contributed by atoms with Crippen molar-refractivity contribution in [3.05, 3.63) is 41.7 Å². The van der Waals surface area contributed by atoms with E-state index in [2.05, 4.69) is 25.8 Å². The van der Waals surface area contributed by atoms with Gasteiger partial charge < -0.3 is 15.7 Å². The molecule has 2 rings (SSSR count). The standard InChI is InChI=1S/C12H12FN5O3/c13-9-5-7(1-2-8(9)11(19)20)17-12(21)14-4-3-10-15-6-16-18-10/h1-2,5-6H,3-4H2,(H,19,20)(H2,14,17,21)(H,15,16,18). The van der Waals surface area contributed by atoms with E-state index in [1.165, 1.54) is 12.4 Å². The largest absolute Gasteiger partial charge is 0.478 e. The quantitative estimate of drug-likeness (QED) is 0.655. The summed E-state index contributed by atoms with van der Waals surface area (Å²) in [6, 6.07) is 2.81. The molecule has 0 bridgehead atoms. The molecule has 2 amide bonds. The second kappa shape index (κ2) is 6.46. The summed E-state index contributed by atoms with van der Waals surface area (Å²) in [7, 11) is 0. The summed E-state index contributed by atoms with van der Waals surface area (Å²) in [5, 5.41) is 20.0. The number of carboxylic acid groups (broad SMARTS) is 1. The molecule has 0 radical (unpaired) electrons. The number of aromatic nitrogens is 3. The van der Waals surface area contributed by atoms with Gasteiger partial charge in [-0.1, -0.05) is 0 Å². The first-order valence-electron chi connectivity index (χ1n) is 5.98. The van der Waals surface area contributed by atoms with Crippen molar-refractivity contribution in [1.29, 1.82) is 0 Å². The number of carbonyl (C=O) groups excluding carboxylic acids is 1. The maximum atomic E-state index is 13.4. The van der Waals surface area contributed by atoms with Crippen LogP contribution in [0.25, 0.3) is 0 Å². The van der Waals surface area contributed by atoms with Gasteiger partial charge in [0, 0.05) is 18.7 Å². The molecule has 0 atom stereocenters. The maximum absolute atomic E-state index is 13.4. The molecule has 4 N–H and O–H groups in total. The minimum Gasteiger partial charge on any atom is -0.478 e. The highest BCUT2D eigenvalue weighted by molar-refractivity contribution is 5.91. The summed E-state index contributed by atoms with van der Waals surface area (Å²) < 4.78 is 13.4. The second-order valence-electron chi connectivity index (χ2n) is 4.06. The van der Waals surface area contributed by atoms with Gasteiger partial charge >= 0.3 is 12.0 Å². The topological polar surface area (TPSA) is 120 Å². The van der Waals surface area contributed by atoms with Gasteiger partial charge in [-0.25, -0.2) is 19.0 Å². The number of benzene rings is 1. The molecule has 0 aliphatic carbocycles. The number of amides is 2. The van der Waals surface area contributed by atoms with Crippen LogP contribution in [-0.2, 0) is 6.42 Å². The number of carbonyl (C=O) groups is 2. The van der Waals surface area contributed by atoms with E-state index in [4.69, 9.17) is 5.11 Å². The monoisotopic (exact) mass is 293 g/mol. The fourth-order valence-corrected chi connectivity index (χ4v) is 1.59. The van der Waals surface area contributed by atoms with Gasteiger partial charge in [0.15, 0.2) is 0 Å². The van der Waals surface area contributed by atoms with Crippen LogP contribution in [0.1, 0.15) is 16.2 Å². The molecule has 0 saturated carbocycles. The zero-order valence-corrected chi connectivity index (χ0v) is 10.8. The normalized spacial score (nSPS) is 10.1. The predicted molar refractivity (Wildman–Crippen MR) is 70.5 cm³/mol. The molecule has 1 aromatic carbocycles. The Balaban J connectivity index is 1.85. The molecule has 0 saturated heterocycles. The van der Waals surface area contributed by atoms with E-state index < -0.39 is 23.4 Å². The van der Waals surface area contributed by atoms with Crippen LogP contribution in [0.15, 0.2) is 24.5 Å². The van der Waals surface area contributed by atoms with Gasteiger partial charge in [-0.3, -0.25) is 5.10 Å². The maximum Gasteiger partial charge on any atom is 0.338 e. The number of anilines is 1. The van der Waals surface area contributed by atoms with Gasteiger partial charge in [0.1, 0.15) is 18.0 Å². The van der Waals surface area contributed by atoms with E-state index >= 15 is 0 Å². The summed E-state index contributed by atoms with van der Waals surface area (Å²) in [6.07, 6.45) is 1.84. The summed E-state index contributed by atoms with van der Waals surface area (Å²) in [6.45, 7) is 0.316. The highest BCUT2D eigenvalue weighted by Crippen LogP contribution is 2.14. The SMILES string of the molecule is O=C(NCCc1ncn[nH]1)Nc1ccc(C(=O)O)c(F)c1. The lowest BCUT2D eigenvalue weighted by Crippen LogP contribution is -2.30. The molecular weight excluding hydrogens is 281 g/mol. The Bertz CT molecular complexity index is 644. The first kappa shape index (κ1) is 14.4. The average molecular weight is 293 g/mol. The first-order valence-corrected chi connectivity index (χ1v) is 5.98. The molecule has 110 valence electrons. The summed E-state index contributed by atoms with van der Waals surface area (Å²) in [5.41, 5.74) is -0.291. The van der Waals surface area contributed by atoms with Crippen molar-refractivity contribution >= 4 is 17.7 Å². The van der Waals surface area contributed by atoms with Gasteiger partial charge in [-0.05, 0) is 18.2 Å². The first-order chi connectivity index (χ1) is 10.1. The molecular formula is C12H12FN5O3. The van der Waals surface area contributed by atoms with E-state index in [-0.39, 0.29) is 5.69 Å². The fraction of sp³-hybridized carbons (Fsp3) is 0.167. The van der Waals surface area contributed by atoms with Crippen molar-refractivity contribution in [2.45, 2.75) is 6.42 Å². The van der Waals surface area contributed by atoms with Crippen LogP contribution >= 0.6 is 0 Å². The van der Waals surface area contributed by atoms with E-state index in [0.717, 1.165) is 12.1 Å². The highest BCUT2D eigenvalue weighted by atomic mass is 19.1. The number of nitrogens with zero attached hydrogens (tertiary/aromatic N) is 2. The molecule has 1 heterocycles. The van der Waals surface area contributed by atoms with Gasteiger partial charge in [-0.2, -0.15) is 5.10 Å². The molecule has 0 unspecified atom stereocenters. The number of aromatic amines is 1. The fourth-order valence-electron chi connectivity index (χ4n) is 1.59. The number of hydrogen-bond acceptors (Lipinski definition) is 4. The number of hydrogen-bond donors (Lipinski definition) is 4. The molecule has 2 aromatic rings. The third kappa shape index (κ3) is 4.00. The molecule has 1 aromatic heterocycles. The molecule has 0 fully saturated rings. The summed E-state index contributed by atoms with van der Waals surface area (Å²) in [4.78, 5) is 26.1. The van der Waals surface area contributed by atoms with Crippen molar-refractivity contribution in [1.82, 2.24) is 20.5 Å². The van der Waals surface area contributed by atoms with Crippen LogP contribution in [0.4, 0.5) is 14.9 Å². The lowest BCUT2D eigenvalue weighted by atomic mass is 10.2. The van der Waals surface area contributed by atoms with E-state index in [0.29, 0.717) is 18.8 Å². The van der Waals surface area contributed by atoms with Crippen molar-refractivity contribution in [2.75, 3.05) is 11.9 Å². The average Bonchev–Trinajstić information content (AvgIpc) is 2.91. The van der Waals surface area contributed by atoms with Crippen LogP contribution in [0.5, 0.6) is 0 Å². The van der Waals surface area contributed by atoms with Crippen LogP contribution in [0.3, 0.4) is 0 Å². The number of nitrogens with one attached hydrogen (secondary N) is 3. The molecule has 0 aliphatic heterocycles. The number of aromatic carboxylic acids is 1. The van der Waals surface area contributed by atoms with E-state index in [1.54, 1.807) is 0 Å². The number of halogens is 1. The van der Waals surface area contributed by atoms with Crippen LogP contribution in [0.2, 0.25) is 0 Å². The Labute approximate surface area is 118 Å². The number of rotatable bonds is 5. The zero-order valence-electron chi connectivity index (χ0n) is 10.8. The lowest BCUT2D eigenvalue weighted by Gasteiger charge is -2.07. The third-order valence-electron chi connectivity index (χ3n) is 2.57. The Kier molecular flexibility index (Phi) is 4.44. The summed E-state index contributed by atoms with van der Waals surface area (Å²) in [5.74, 6) is -1.65. The van der Waals surface area contributed by atoms with Crippen molar-refractivity contribution < 1.29 is 19.1 Å². The van der Waals surface area contributed by atoms with Crippen LogP contribution < -0.4 is 10.6 Å². The second-order valence-corrected chi connectivity index (χ2v) is 4.06. The Morgan fingerprint density at radius 2 is 2.19 bits per heavy atom. The third-order valence-corrected chi connectivity index (χ3v) is 2.57. The Morgan fingerprint density at radius 1 is 1.38 bits per heavy atom. The minimum absolute atomic E-state index is 0.162. The molecule has 21 heavy (non-hydrogen) atoms. The minimum atomic E-state index is -1.37. The van der Waals surface area contributed by atoms with Gasteiger partial charge in [0.25, 0.3) is 0 Å². The van der Waals surface area contributed by atoms with Gasteiger partial charge in [-0.15, -0.1) is 0 Å². The van der Waals surface area contributed by atoms with Crippen LogP contribution in [0, 0.1) is 5.82 Å². The predicted octanol–water partition coefficient (Wildman–Crippen LogP) is 1.01. The molecule has 8 nitrogen and oxygen atoms in total. The number of urea groups is 1. The van der Waals surface area contributed by atoms with Crippen molar-refractivity contribution in [3.8, 4) is 0 Å². The highest BCUT2D eigenvalue weighted by Gasteiger charge is 2.11. The van der Waals surface area contributed by atoms with Gasteiger partial charge in [0.05, 0.1) is 5.56 Å². The summed E-state index contributed by atoms with van der Waals surface area (Å²) >= 11 is 0. The molecule has 0 spiro atoms. The number of H-pyrrole nitrogens is 1. The Hall–Kier alpha value is -2.97. The molecule has 0 aliphatic rings. The molecule has 9 heteroatoms. The van der Waals surface area contributed by atoms with Crippen molar-refractivity contribution in [2.24, 2.45) is 0 Å². The smallest absolute Gasteiger partial charge is 0.338 e. The van der Waals surface area contributed by atoms with Crippen molar-refractivity contribution in [3.63, 3.8) is 0 Å². The van der Waals surface area contributed by atoms with E-state index in [1.807, 2.05) is 0 Å². The van der Waals surface area contributed by atoms with Gasteiger partial charge in [0.2, 0.25) is 0 Å². The zero-order chi connectivity index (χ0) is 15.2. The Morgan fingerprint density at radius 3 is 2.81 bits per heavy atom. The van der Waals surface area contributed by atoms with E-state index in [9.17, 15) is 14.0 Å². The lowest BCUT2D eigenvalue weighted by molar-refractivity contribution is 0.0692.